The number of rotatable bonds is 5. The fourth-order valence-electron chi connectivity index (χ4n) is 1.51. The normalized spacial score (nSPS) is 10.4. The summed E-state index contributed by atoms with van der Waals surface area (Å²) in [5, 5.41) is 17.3. The minimum absolute atomic E-state index is 0.0362. The first-order valence-corrected chi connectivity index (χ1v) is 7.98. The molecule has 0 aliphatic carbocycles. The minimum Gasteiger partial charge on any atom is -0.477 e. The average molecular weight is 319 g/mol. The summed E-state index contributed by atoms with van der Waals surface area (Å²) < 4.78 is 32.0. The Labute approximate surface area is 125 Å². The molecule has 1 N–H and O–H groups in total. The molecule has 0 saturated heterocycles. The van der Waals surface area contributed by atoms with E-state index < -0.39 is 10.0 Å². The van der Waals surface area contributed by atoms with Gasteiger partial charge in [0.15, 0.2) is 6.61 Å². The van der Waals surface area contributed by atoms with Crippen LogP contribution < -0.4 is 9.46 Å². The van der Waals surface area contributed by atoms with E-state index in [-0.39, 0.29) is 22.3 Å². The van der Waals surface area contributed by atoms with Crippen molar-refractivity contribution in [2.45, 2.75) is 4.21 Å². The van der Waals surface area contributed by atoms with Crippen LogP contribution in [-0.4, -0.2) is 15.0 Å². The van der Waals surface area contributed by atoms with Gasteiger partial charge in [0.1, 0.15) is 27.0 Å². The maximum atomic E-state index is 12.2. The van der Waals surface area contributed by atoms with Crippen LogP contribution in [0.1, 0.15) is 4.88 Å². The Morgan fingerprint density at radius 2 is 1.95 bits per heavy atom. The molecule has 2 rings (SSSR count). The molecule has 0 unspecified atom stereocenters. The highest BCUT2D eigenvalue weighted by Crippen LogP contribution is 2.28. The molecule has 6 nitrogen and oxygen atoms in total. The van der Waals surface area contributed by atoms with Gasteiger partial charge < -0.3 is 4.74 Å². The highest BCUT2D eigenvalue weighted by Gasteiger charge is 2.18. The first-order chi connectivity index (χ1) is 10.1. The predicted octanol–water partition coefficient (Wildman–Crippen LogP) is 2.32. The number of nitrogens with one attached hydrogen (secondary N) is 1. The number of nitriles is 2. The van der Waals surface area contributed by atoms with Gasteiger partial charge in [-0.15, -0.1) is 11.3 Å². The number of para-hydroxylation sites is 2. The predicted molar refractivity (Wildman–Crippen MR) is 77.4 cm³/mol. The summed E-state index contributed by atoms with van der Waals surface area (Å²) >= 11 is 0.878. The molecule has 0 aliphatic heterocycles. The Morgan fingerprint density at radius 3 is 2.62 bits per heavy atom. The molecular weight excluding hydrogens is 310 g/mol. The van der Waals surface area contributed by atoms with Crippen LogP contribution >= 0.6 is 11.3 Å². The fourth-order valence-corrected chi connectivity index (χ4v) is 3.68. The van der Waals surface area contributed by atoms with Crippen molar-refractivity contribution in [3.8, 4) is 17.9 Å². The Bertz CT molecular complexity index is 829. The van der Waals surface area contributed by atoms with E-state index in [0.717, 1.165) is 11.3 Å². The Hall–Kier alpha value is -2.55. The zero-order valence-electron chi connectivity index (χ0n) is 10.6. The summed E-state index contributed by atoms with van der Waals surface area (Å²) in [4.78, 5) is 0.310. The third-order valence-corrected chi connectivity index (χ3v) is 5.23. The first kappa shape index (κ1) is 14.9. The third kappa shape index (κ3) is 3.51. The van der Waals surface area contributed by atoms with Gasteiger partial charge in [-0.25, -0.2) is 8.42 Å². The number of thiophene rings is 1. The summed E-state index contributed by atoms with van der Waals surface area (Å²) in [6.07, 6.45) is 0. The Balaban J connectivity index is 2.29. The molecule has 106 valence electrons. The molecule has 0 amide bonds. The summed E-state index contributed by atoms with van der Waals surface area (Å²) in [5.41, 5.74) is 0.236. The lowest BCUT2D eigenvalue weighted by Crippen LogP contribution is -2.12. The quantitative estimate of drug-likeness (QED) is 0.911. The van der Waals surface area contributed by atoms with Crippen molar-refractivity contribution < 1.29 is 13.2 Å². The van der Waals surface area contributed by atoms with Crippen LogP contribution in [0.2, 0.25) is 0 Å². The summed E-state index contributed by atoms with van der Waals surface area (Å²) in [6.45, 7) is -0.184. The van der Waals surface area contributed by atoms with Crippen LogP contribution in [0.5, 0.6) is 5.75 Å². The molecular formula is C13H9N3O3S2. The van der Waals surface area contributed by atoms with Gasteiger partial charge in [0.25, 0.3) is 10.0 Å². The van der Waals surface area contributed by atoms with Crippen LogP contribution in [-0.2, 0) is 10.0 Å². The van der Waals surface area contributed by atoms with Crippen molar-refractivity contribution >= 4 is 27.0 Å². The number of nitrogens with zero attached hydrogens (tertiary/aromatic N) is 2. The second-order valence-electron chi connectivity index (χ2n) is 3.78. The van der Waals surface area contributed by atoms with Gasteiger partial charge in [0.05, 0.1) is 5.69 Å². The lowest BCUT2D eigenvalue weighted by atomic mass is 10.3. The highest BCUT2D eigenvalue weighted by molar-refractivity contribution is 7.94. The zero-order valence-corrected chi connectivity index (χ0v) is 12.2. The van der Waals surface area contributed by atoms with E-state index in [1.54, 1.807) is 18.2 Å². The lowest BCUT2D eigenvalue weighted by Gasteiger charge is -2.11. The molecule has 1 aromatic carbocycles. The smallest absolute Gasteiger partial charge is 0.271 e. The zero-order chi connectivity index (χ0) is 15.3. The fraction of sp³-hybridized carbons (Fsp3) is 0.0769. The molecule has 0 radical (unpaired) electrons. The highest BCUT2D eigenvalue weighted by atomic mass is 32.2. The number of hydrogen-bond acceptors (Lipinski definition) is 6. The number of sulfonamides is 1. The van der Waals surface area contributed by atoms with Gasteiger partial charge in [-0.3, -0.25) is 4.72 Å². The van der Waals surface area contributed by atoms with E-state index in [2.05, 4.69) is 4.72 Å². The maximum Gasteiger partial charge on any atom is 0.271 e. The van der Waals surface area contributed by atoms with Crippen molar-refractivity contribution in [1.29, 1.82) is 10.5 Å². The summed E-state index contributed by atoms with van der Waals surface area (Å²) in [7, 11) is -3.80. The van der Waals surface area contributed by atoms with E-state index in [0.29, 0.717) is 4.88 Å². The summed E-state index contributed by atoms with van der Waals surface area (Å²) in [5.74, 6) is 0.264. The molecule has 0 spiro atoms. The van der Waals surface area contributed by atoms with Crippen molar-refractivity contribution in [3.63, 3.8) is 0 Å². The first-order valence-electron chi connectivity index (χ1n) is 5.68. The SMILES string of the molecule is N#CCOc1ccccc1NS(=O)(=O)c1ccc(C#N)s1. The van der Waals surface area contributed by atoms with E-state index in [4.69, 9.17) is 15.3 Å². The molecule has 0 saturated carbocycles. The van der Waals surface area contributed by atoms with Crippen LogP contribution in [0.15, 0.2) is 40.6 Å². The van der Waals surface area contributed by atoms with Gasteiger partial charge in [-0.1, -0.05) is 12.1 Å². The number of ether oxygens (including phenoxy) is 1. The molecule has 0 fully saturated rings. The van der Waals surface area contributed by atoms with Crippen molar-refractivity contribution in [2.75, 3.05) is 11.3 Å². The topological polar surface area (TPSA) is 103 Å². The van der Waals surface area contributed by atoms with Crippen LogP contribution in [0.25, 0.3) is 0 Å². The largest absolute Gasteiger partial charge is 0.477 e. The van der Waals surface area contributed by atoms with Crippen molar-refractivity contribution in [1.82, 2.24) is 0 Å². The van der Waals surface area contributed by atoms with Gasteiger partial charge in [0.2, 0.25) is 0 Å². The second-order valence-corrected chi connectivity index (χ2v) is 6.77. The average Bonchev–Trinajstić information content (AvgIpc) is 2.96. The van der Waals surface area contributed by atoms with Crippen molar-refractivity contribution in [2.24, 2.45) is 0 Å². The van der Waals surface area contributed by atoms with E-state index >= 15 is 0 Å². The van der Waals surface area contributed by atoms with Crippen LogP contribution in [0.3, 0.4) is 0 Å². The van der Waals surface area contributed by atoms with Crippen LogP contribution in [0, 0.1) is 22.7 Å². The standard InChI is InChI=1S/C13H9N3O3S2/c14-7-8-19-12-4-2-1-3-11(12)16-21(17,18)13-6-5-10(9-15)20-13/h1-6,16H,8H2. The molecule has 1 aromatic heterocycles. The van der Waals surface area contributed by atoms with Gasteiger partial charge >= 0.3 is 0 Å². The molecule has 21 heavy (non-hydrogen) atoms. The van der Waals surface area contributed by atoms with E-state index in [1.807, 2.05) is 12.1 Å². The minimum atomic E-state index is -3.80. The molecule has 2 aromatic rings. The maximum absolute atomic E-state index is 12.2. The lowest BCUT2D eigenvalue weighted by molar-refractivity contribution is 0.370. The van der Waals surface area contributed by atoms with Gasteiger partial charge in [-0.2, -0.15) is 10.5 Å². The second kappa shape index (κ2) is 6.27. The monoisotopic (exact) mass is 319 g/mol. The third-order valence-electron chi connectivity index (χ3n) is 2.38. The van der Waals surface area contributed by atoms with Crippen LogP contribution in [0.4, 0.5) is 5.69 Å². The molecule has 0 bridgehead atoms. The number of hydrogen-bond donors (Lipinski definition) is 1. The number of benzene rings is 1. The van der Waals surface area contributed by atoms with Gasteiger partial charge in [0, 0.05) is 0 Å². The molecule has 0 aliphatic rings. The Morgan fingerprint density at radius 1 is 1.19 bits per heavy atom. The molecule has 8 heteroatoms. The Kier molecular flexibility index (Phi) is 4.43. The molecule has 1 heterocycles. The summed E-state index contributed by atoms with van der Waals surface area (Å²) in [6, 6.07) is 12.9. The van der Waals surface area contributed by atoms with Crippen molar-refractivity contribution in [3.05, 3.63) is 41.3 Å². The molecule has 0 atom stereocenters. The van der Waals surface area contributed by atoms with E-state index in [9.17, 15) is 8.42 Å². The van der Waals surface area contributed by atoms with Gasteiger partial charge in [-0.05, 0) is 24.3 Å². The van der Waals surface area contributed by atoms with E-state index in [1.165, 1.54) is 18.2 Å². The number of anilines is 1.